The lowest BCUT2D eigenvalue weighted by atomic mass is 10.2. The van der Waals surface area contributed by atoms with Gasteiger partial charge in [0, 0.05) is 54.8 Å². The molecule has 0 spiro atoms. The van der Waals surface area contributed by atoms with E-state index in [4.69, 9.17) is 56.5 Å². The molecule has 0 bridgehead atoms. The average molecular weight is 1040 g/mol. The molecule has 7 rings (SSSR count). The summed E-state index contributed by atoms with van der Waals surface area (Å²) in [5.74, 6) is 3.07. The average Bonchev–Trinajstić information content (AvgIpc) is 3.89. The number of nitrogens with two attached hydrogens (primary N) is 4. The molecule has 0 amide bonds. The van der Waals surface area contributed by atoms with Gasteiger partial charge in [0.2, 0.25) is 11.9 Å². The van der Waals surface area contributed by atoms with E-state index in [1.807, 2.05) is 24.3 Å². The number of ether oxygens (including phenoxy) is 2. The predicted molar refractivity (Wildman–Crippen MR) is 282 cm³/mol. The van der Waals surface area contributed by atoms with Crippen LogP contribution >= 0.6 is 34.8 Å². The van der Waals surface area contributed by atoms with Gasteiger partial charge in [0.1, 0.15) is 21.5 Å². The molecule has 3 aromatic heterocycles. The van der Waals surface area contributed by atoms with E-state index in [2.05, 4.69) is 63.8 Å². The minimum atomic E-state index is -4.17. The molecule has 0 saturated heterocycles. The Bertz CT molecular complexity index is 2900. The largest absolute Gasteiger partial charge is 0.495 e. The summed E-state index contributed by atoms with van der Waals surface area (Å²) in [7, 11) is -5.04. The van der Waals surface area contributed by atoms with Crippen LogP contribution in [0.5, 0.6) is 11.5 Å². The van der Waals surface area contributed by atoms with Crippen molar-refractivity contribution >= 4 is 133 Å². The molecule has 0 atom stereocenters. The fourth-order valence-corrected chi connectivity index (χ4v) is 9.78. The topological polar surface area (TPSA) is 326 Å². The number of thioether (sulfide) groups is 1. The Labute approximate surface area is 413 Å². The molecule has 0 fully saturated rings. The summed E-state index contributed by atoms with van der Waals surface area (Å²) in [5, 5.41) is 9.21. The van der Waals surface area contributed by atoms with Gasteiger partial charge >= 0.3 is 0 Å². The van der Waals surface area contributed by atoms with E-state index in [0.29, 0.717) is 83.1 Å². The van der Waals surface area contributed by atoms with Gasteiger partial charge in [0.05, 0.1) is 69.2 Å². The first-order chi connectivity index (χ1) is 32.8. The van der Waals surface area contributed by atoms with Gasteiger partial charge in [-0.05, 0) is 106 Å². The van der Waals surface area contributed by atoms with Crippen molar-refractivity contribution in [1.29, 1.82) is 0 Å². The first-order valence-corrected chi connectivity index (χ1v) is 26.8. The third kappa shape index (κ3) is 13.8. The highest BCUT2D eigenvalue weighted by atomic mass is 32.2. The van der Waals surface area contributed by atoms with Crippen molar-refractivity contribution in [3.63, 3.8) is 0 Å². The first kappa shape index (κ1) is 53.8. The van der Waals surface area contributed by atoms with Crippen LogP contribution in [0.2, 0.25) is 0 Å². The number of anilines is 10. The monoisotopic (exact) mass is 1040 g/mol. The summed E-state index contributed by atoms with van der Waals surface area (Å²) in [5.41, 5.74) is 29.5. The molecule has 0 aliphatic heterocycles. The lowest BCUT2D eigenvalue weighted by Crippen LogP contribution is -2.22. The Balaban J connectivity index is 0.000000253. The summed E-state index contributed by atoms with van der Waals surface area (Å²) in [6, 6.07) is 15.8. The summed E-state index contributed by atoms with van der Waals surface area (Å²) in [4.78, 5) is 18.1. The zero-order chi connectivity index (χ0) is 50.6. The molecule has 12 N–H and O–H groups in total. The molecular formula is C43H57N13O8S5. The van der Waals surface area contributed by atoms with E-state index in [0.717, 1.165) is 79.2 Å². The fraction of sp³-hybridized carbons (Fsp3) is 0.326. The van der Waals surface area contributed by atoms with Crippen LogP contribution in [0.4, 0.5) is 56.0 Å². The molecule has 3 heterocycles. The molecule has 4 aromatic carbocycles. The van der Waals surface area contributed by atoms with Gasteiger partial charge in [0.15, 0.2) is 5.16 Å². The van der Waals surface area contributed by atoms with Crippen molar-refractivity contribution in [3.8, 4) is 11.5 Å². The van der Waals surface area contributed by atoms with E-state index >= 15 is 0 Å². The van der Waals surface area contributed by atoms with E-state index in [9.17, 15) is 16.8 Å². The summed E-state index contributed by atoms with van der Waals surface area (Å²) < 4.78 is 80.0. The Morgan fingerprint density at radius 3 is 1.38 bits per heavy atom. The second kappa shape index (κ2) is 23.9. The van der Waals surface area contributed by atoms with Crippen LogP contribution in [0.25, 0.3) is 21.8 Å². The van der Waals surface area contributed by atoms with E-state index in [1.165, 1.54) is 36.4 Å². The number of nitrogens with one attached hydrogen (secondary N) is 2. The van der Waals surface area contributed by atoms with Crippen molar-refractivity contribution in [2.45, 2.75) is 62.4 Å². The van der Waals surface area contributed by atoms with Crippen LogP contribution in [-0.2, 0) is 20.2 Å². The number of methoxy groups -OCH3 is 2. The number of benzene rings is 4. The van der Waals surface area contributed by atoms with Crippen LogP contribution in [0.15, 0.2) is 75.6 Å². The molecule has 372 valence electrons. The Kier molecular flexibility index (Phi) is 18.6. The number of hydrogen-bond acceptors (Lipinski definition) is 22. The number of hydrogen-bond donors (Lipinski definition) is 8. The minimum absolute atomic E-state index is 0.170. The maximum Gasteiger partial charge on any atom is 0.294 e. The van der Waals surface area contributed by atoms with E-state index < -0.39 is 20.2 Å². The van der Waals surface area contributed by atoms with Gasteiger partial charge in [-0.25, -0.2) is 0 Å². The summed E-state index contributed by atoms with van der Waals surface area (Å²) in [6.45, 7) is 13.9. The van der Waals surface area contributed by atoms with Crippen LogP contribution < -0.4 is 52.8 Å². The number of nitrogens with zero attached hydrogens (tertiary/aromatic N) is 7. The van der Waals surface area contributed by atoms with Gasteiger partial charge < -0.3 is 52.8 Å². The molecule has 0 saturated carbocycles. The third-order valence-electron chi connectivity index (χ3n) is 10.3. The molecule has 69 heavy (non-hydrogen) atoms. The number of rotatable bonds is 18. The number of aromatic nitrogens is 5. The SMILES string of the molecule is CCCCSc1nc(Nc2cc(N(CC)CC)c(OC)cc2N)nc(Nc2cc(N(CC)CC)c(OC)cc2N)n1.Nc1snc2ccc(S(=O)(=O)O)cc12.Nc1snc2ccc(S(=O)(=O)O)cc12. The molecule has 0 radical (unpaired) electrons. The van der Waals surface area contributed by atoms with Crippen molar-refractivity contribution in [2.75, 3.05) is 89.5 Å². The van der Waals surface area contributed by atoms with Crippen molar-refractivity contribution in [2.24, 2.45) is 0 Å². The predicted octanol–water partition coefficient (Wildman–Crippen LogP) is 8.38. The quantitative estimate of drug-likeness (QED) is 0.0173. The smallest absolute Gasteiger partial charge is 0.294 e. The minimum Gasteiger partial charge on any atom is -0.495 e. The van der Waals surface area contributed by atoms with Crippen molar-refractivity contribution in [3.05, 3.63) is 60.7 Å². The highest BCUT2D eigenvalue weighted by Crippen LogP contribution is 2.39. The summed E-state index contributed by atoms with van der Waals surface area (Å²) >= 11 is 3.76. The Hall–Kier alpha value is -6.16. The number of fused-ring (bicyclic) bond motifs is 2. The zero-order valence-corrected chi connectivity index (χ0v) is 43.1. The number of nitrogen functional groups attached to an aromatic ring is 4. The molecule has 0 aliphatic rings. The zero-order valence-electron chi connectivity index (χ0n) is 39.0. The van der Waals surface area contributed by atoms with Gasteiger partial charge in [-0.2, -0.15) is 40.5 Å². The van der Waals surface area contributed by atoms with Crippen LogP contribution in [0, 0.1) is 0 Å². The molecule has 0 aliphatic carbocycles. The van der Waals surface area contributed by atoms with Gasteiger partial charge in [-0.3, -0.25) is 9.11 Å². The van der Waals surface area contributed by atoms with Crippen LogP contribution in [0.1, 0.15) is 47.5 Å². The maximum atomic E-state index is 10.8. The van der Waals surface area contributed by atoms with E-state index in [-0.39, 0.29) is 9.79 Å². The van der Waals surface area contributed by atoms with Gasteiger partial charge in [0.25, 0.3) is 20.2 Å². The lowest BCUT2D eigenvalue weighted by Gasteiger charge is -2.25. The van der Waals surface area contributed by atoms with Gasteiger partial charge in [-0.1, -0.05) is 25.1 Å². The Morgan fingerprint density at radius 2 is 1.03 bits per heavy atom. The fourth-order valence-electron chi connectivity index (χ4n) is 6.62. The van der Waals surface area contributed by atoms with Crippen molar-refractivity contribution in [1.82, 2.24) is 23.7 Å². The first-order valence-electron chi connectivity index (χ1n) is 21.4. The third-order valence-corrected chi connectivity index (χ3v) is 14.3. The lowest BCUT2D eigenvalue weighted by molar-refractivity contribution is 0.414. The molecular weight excluding hydrogens is 987 g/mol. The molecule has 26 heteroatoms. The van der Waals surface area contributed by atoms with E-state index in [1.54, 1.807) is 26.0 Å². The summed E-state index contributed by atoms with van der Waals surface area (Å²) in [6.07, 6.45) is 2.14. The standard InChI is InChI=1S/C29H45N9O2S.2C7H6N2O3S2/c1-8-13-14-41-29-35-27(32-21-17-23(37(9-2)10-3)25(39-6)15-19(21)30)34-28(36-29)33-22-18-24(38(11-4)12-5)26(40-7)16-20(22)31;2*8-7-5-3-4(14(10,11)12)1-2-6(5)9-13-7/h15-18H,8-14,30-31H2,1-7H3,(H2,32,33,34,35,36);2*1-3H,8H2,(H,10,11,12). The second-order valence-corrected chi connectivity index (χ2v) is 20.2. The second-order valence-electron chi connectivity index (χ2n) is 14.7. The maximum absolute atomic E-state index is 10.8. The molecule has 7 aromatic rings. The molecule has 21 nitrogen and oxygen atoms in total. The molecule has 0 unspecified atom stereocenters. The van der Waals surface area contributed by atoms with Crippen LogP contribution in [0.3, 0.4) is 0 Å². The Morgan fingerprint density at radius 1 is 0.623 bits per heavy atom. The highest BCUT2D eigenvalue weighted by Gasteiger charge is 2.19. The highest BCUT2D eigenvalue weighted by molar-refractivity contribution is 7.99. The van der Waals surface area contributed by atoms with Crippen molar-refractivity contribution < 1.29 is 35.4 Å². The van der Waals surface area contributed by atoms with Crippen LogP contribution in [-0.4, -0.2) is 95.8 Å². The number of unbranched alkanes of at least 4 members (excludes halogenated alkanes) is 1. The normalized spacial score (nSPS) is 11.3. The van der Waals surface area contributed by atoms with Gasteiger partial charge in [-0.15, -0.1) is 0 Å².